The molecule has 1 aliphatic rings. The molecule has 1 aliphatic carbocycles. The average molecular weight is 191 g/mol. The highest BCUT2D eigenvalue weighted by Crippen LogP contribution is 2.39. The largest absolute Gasteiger partial charge is 0.405 e. The van der Waals surface area contributed by atoms with Gasteiger partial charge in [-0.25, -0.2) is 5.43 Å². The summed E-state index contributed by atoms with van der Waals surface area (Å²) in [4.78, 5) is 0. The van der Waals surface area contributed by atoms with Crippen molar-refractivity contribution in [2.75, 3.05) is 0 Å². The van der Waals surface area contributed by atoms with Gasteiger partial charge in [0.05, 0.1) is 0 Å². The van der Waals surface area contributed by atoms with Crippen LogP contribution in [0.25, 0.3) is 0 Å². The van der Waals surface area contributed by atoms with E-state index >= 15 is 0 Å². The van der Waals surface area contributed by atoms with Gasteiger partial charge in [0.2, 0.25) is 0 Å². The third-order valence-electron chi connectivity index (χ3n) is 1.63. The van der Waals surface area contributed by atoms with Crippen LogP contribution in [0.2, 0.25) is 0 Å². The van der Waals surface area contributed by atoms with Crippen molar-refractivity contribution in [3.05, 3.63) is 0 Å². The zero-order valence-electron chi connectivity index (χ0n) is 5.69. The Morgan fingerprint density at radius 1 is 1.36 bits per heavy atom. The Morgan fingerprint density at radius 2 is 1.82 bits per heavy atom. The minimum absolute atomic E-state index is 0. The van der Waals surface area contributed by atoms with Crippen molar-refractivity contribution in [3.8, 4) is 0 Å². The lowest BCUT2D eigenvalue weighted by atomic mass is 10.2. The Morgan fingerprint density at radius 3 is 1.91 bits per heavy atom. The Hall–Kier alpha value is -0.0000000000000000555. The molecule has 1 saturated carbocycles. The van der Waals surface area contributed by atoms with Crippen LogP contribution in [0, 0.1) is 5.92 Å². The first-order valence-corrected chi connectivity index (χ1v) is 3.08. The minimum Gasteiger partial charge on any atom is -0.271 e. The van der Waals surface area contributed by atoms with Crippen LogP contribution >= 0.6 is 12.4 Å². The van der Waals surface area contributed by atoms with Crippen LogP contribution in [0.15, 0.2) is 0 Å². The monoisotopic (exact) mass is 190 g/mol. The predicted octanol–water partition coefficient (Wildman–Crippen LogP) is 1.21. The summed E-state index contributed by atoms with van der Waals surface area (Å²) in [7, 11) is 0. The predicted molar refractivity (Wildman–Crippen MR) is 37.1 cm³/mol. The normalized spacial score (nSPS) is 20.7. The van der Waals surface area contributed by atoms with Gasteiger partial charge in [0.15, 0.2) is 0 Å². The molecule has 0 radical (unpaired) electrons. The van der Waals surface area contributed by atoms with Crippen molar-refractivity contribution in [1.82, 2.24) is 5.43 Å². The van der Waals surface area contributed by atoms with Crippen molar-refractivity contribution >= 4 is 12.4 Å². The zero-order chi connectivity index (χ0) is 7.78. The van der Waals surface area contributed by atoms with E-state index in [-0.39, 0.29) is 18.3 Å². The van der Waals surface area contributed by atoms with Gasteiger partial charge >= 0.3 is 6.18 Å². The van der Waals surface area contributed by atoms with Crippen molar-refractivity contribution in [2.45, 2.75) is 25.1 Å². The van der Waals surface area contributed by atoms with Gasteiger partial charge in [-0.1, -0.05) is 0 Å². The lowest BCUT2D eigenvalue weighted by molar-refractivity contribution is -0.160. The number of alkyl halides is 3. The Kier molecular flexibility index (Phi) is 3.60. The molecule has 0 aromatic rings. The summed E-state index contributed by atoms with van der Waals surface area (Å²) in [5.74, 6) is 4.44. The number of hydrogen-bond acceptors (Lipinski definition) is 2. The molecule has 0 aliphatic heterocycles. The first-order chi connectivity index (χ1) is 4.55. The lowest BCUT2D eigenvalue weighted by Crippen LogP contribution is -2.47. The number of hydrazine groups is 1. The molecule has 0 aromatic carbocycles. The van der Waals surface area contributed by atoms with Crippen LogP contribution in [0.4, 0.5) is 13.2 Å². The standard InChI is InChI=1S/C5H9F3N2.ClH/c6-5(7,8)4(10-9)3-1-2-3;/h3-4,10H,1-2,9H2;1H. The first kappa shape index (κ1) is 11.0. The maximum Gasteiger partial charge on any atom is 0.405 e. The van der Waals surface area contributed by atoms with Gasteiger partial charge in [-0.15, -0.1) is 12.4 Å². The fourth-order valence-corrected chi connectivity index (χ4v) is 0.927. The highest BCUT2D eigenvalue weighted by Gasteiger charge is 2.48. The van der Waals surface area contributed by atoms with Crippen molar-refractivity contribution in [1.29, 1.82) is 0 Å². The maximum absolute atomic E-state index is 11.9. The van der Waals surface area contributed by atoms with Gasteiger partial charge < -0.3 is 0 Å². The van der Waals surface area contributed by atoms with E-state index in [0.717, 1.165) is 0 Å². The minimum atomic E-state index is -4.18. The van der Waals surface area contributed by atoms with E-state index in [9.17, 15) is 13.2 Å². The van der Waals surface area contributed by atoms with Gasteiger partial charge in [-0.2, -0.15) is 13.2 Å². The van der Waals surface area contributed by atoms with Crippen LogP contribution in [-0.4, -0.2) is 12.2 Å². The molecular weight excluding hydrogens is 181 g/mol. The zero-order valence-corrected chi connectivity index (χ0v) is 6.50. The highest BCUT2D eigenvalue weighted by atomic mass is 35.5. The molecule has 0 saturated heterocycles. The summed E-state index contributed by atoms with van der Waals surface area (Å²) < 4.78 is 35.6. The SMILES string of the molecule is Cl.NNC(C1CC1)C(F)(F)F. The lowest BCUT2D eigenvalue weighted by Gasteiger charge is -2.17. The van der Waals surface area contributed by atoms with Crippen molar-refractivity contribution < 1.29 is 13.2 Å². The van der Waals surface area contributed by atoms with Gasteiger partial charge in [0, 0.05) is 0 Å². The molecule has 6 heteroatoms. The topological polar surface area (TPSA) is 38.0 Å². The number of nitrogens with two attached hydrogens (primary N) is 1. The fraction of sp³-hybridized carbons (Fsp3) is 1.00. The smallest absolute Gasteiger partial charge is 0.271 e. The summed E-state index contributed by atoms with van der Waals surface area (Å²) in [6.07, 6.45) is -2.92. The molecule has 1 unspecified atom stereocenters. The van der Waals surface area contributed by atoms with E-state index < -0.39 is 12.2 Å². The number of nitrogens with one attached hydrogen (secondary N) is 1. The summed E-state index contributed by atoms with van der Waals surface area (Å²) in [6, 6.07) is -1.49. The number of halogens is 4. The molecule has 68 valence electrons. The van der Waals surface area contributed by atoms with Crippen LogP contribution in [0.5, 0.6) is 0 Å². The van der Waals surface area contributed by atoms with E-state index in [1.165, 1.54) is 0 Å². The van der Waals surface area contributed by atoms with Crippen LogP contribution in [-0.2, 0) is 0 Å². The Bertz CT molecular complexity index is 123. The average Bonchev–Trinajstić information content (AvgIpc) is 2.46. The van der Waals surface area contributed by atoms with Crippen LogP contribution in [0.3, 0.4) is 0 Å². The Balaban J connectivity index is 0.000001000. The molecule has 2 nitrogen and oxygen atoms in total. The van der Waals surface area contributed by atoms with E-state index in [0.29, 0.717) is 12.8 Å². The molecule has 0 amide bonds. The molecule has 0 bridgehead atoms. The first-order valence-electron chi connectivity index (χ1n) is 3.08. The molecule has 11 heavy (non-hydrogen) atoms. The molecule has 1 rings (SSSR count). The van der Waals surface area contributed by atoms with E-state index in [1.54, 1.807) is 5.43 Å². The number of hydrogen-bond donors (Lipinski definition) is 2. The molecule has 0 aromatic heterocycles. The second kappa shape index (κ2) is 3.60. The Labute approximate surface area is 68.7 Å². The third-order valence-corrected chi connectivity index (χ3v) is 1.63. The molecule has 1 atom stereocenters. The third kappa shape index (κ3) is 2.84. The second-order valence-corrected chi connectivity index (χ2v) is 2.52. The van der Waals surface area contributed by atoms with Gasteiger partial charge in [-0.3, -0.25) is 5.84 Å². The summed E-state index contributed by atoms with van der Waals surface area (Å²) >= 11 is 0. The molecule has 3 N–H and O–H groups in total. The molecule has 0 spiro atoms. The van der Waals surface area contributed by atoms with E-state index in [1.807, 2.05) is 0 Å². The summed E-state index contributed by atoms with van der Waals surface area (Å²) in [5.41, 5.74) is 1.78. The number of rotatable bonds is 2. The van der Waals surface area contributed by atoms with Gasteiger partial charge in [0.1, 0.15) is 6.04 Å². The maximum atomic E-state index is 11.9. The van der Waals surface area contributed by atoms with E-state index in [4.69, 9.17) is 5.84 Å². The molecular formula is C5H10ClF3N2. The van der Waals surface area contributed by atoms with Gasteiger partial charge in [-0.05, 0) is 18.8 Å². The van der Waals surface area contributed by atoms with Gasteiger partial charge in [0.25, 0.3) is 0 Å². The van der Waals surface area contributed by atoms with Crippen LogP contribution in [0.1, 0.15) is 12.8 Å². The second-order valence-electron chi connectivity index (χ2n) is 2.52. The molecule has 1 fully saturated rings. The fourth-order valence-electron chi connectivity index (χ4n) is 0.927. The summed E-state index contributed by atoms with van der Waals surface area (Å²) in [5, 5.41) is 0. The van der Waals surface area contributed by atoms with Crippen molar-refractivity contribution in [3.63, 3.8) is 0 Å². The molecule has 0 heterocycles. The van der Waals surface area contributed by atoms with Crippen molar-refractivity contribution in [2.24, 2.45) is 11.8 Å². The van der Waals surface area contributed by atoms with E-state index in [2.05, 4.69) is 0 Å². The summed E-state index contributed by atoms with van der Waals surface area (Å²) in [6.45, 7) is 0. The quantitative estimate of drug-likeness (QED) is 0.508. The van der Waals surface area contributed by atoms with Crippen LogP contribution < -0.4 is 11.3 Å². The highest BCUT2D eigenvalue weighted by molar-refractivity contribution is 5.85.